The maximum atomic E-state index is 12.3. The molecule has 0 N–H and O–H groups in total. The summed E-state index contributed by atoms with van der Waals surface area (Å²) in [7, 11) is 0. The Hall–Kier alpha value is -1.50. The molecule has 23 heavy (non-hydrogen) atoms. The lowest BCUT2D eigenvalue weighted by Gasteiger charge is -2.32. The van der Waals surface area contributed by atoms with Crippen molar-refractivity contribution in [1.29, 1.82) is 0 Å². The summed E-state index contributed by atoms with van der Waals surface area (Å²) >= 11 is 0. The van der Waals surface area contributed by atoms with E-state index in [0.717, 1.165) is 0 Å². The zero-order chi connectivity index (χ0) is 17.8. The van der Waals surface area contributed by atoms with Crippen molar-refractivity contribution < 1.29 is 24.0 Å². The minimum absolute atomic E-state index is 0.0644. The van der Waals surface area contributed by atoms with Gasteiger partial charge in [0.1, 0.15) is 16.8 Å². The predicted octanol–water partition coefficient (Wildman–Crippen LogP) is 2.53. The van der Waals surface area contributed by atoms with Crippen molar-refractivity contribution in [2.45, 2.75) is 78.0 Å². The van der Waals surface area contributed by atoms with Crippen LogP contribution >= 0.6 is 0 Å². The van der Waals surface area contributed by atoms with Crippen molar-refractivity contribution in [3.05, 3.63) is 10.1 Å². The van der Waals surface area contributed by atoms with Gasteiger partial charge in [-0.05, 0) is 47.5 Å². The van der Waals surface area contributed by atoms with Crippen LogP contribution in [-0.4, -0.2) is 41.0 Å². The van der Waals surface area contributed by atoms with Gasteiger partial charge in [0.15, 0.2) is 0 Å². The van der Waals surface area contributed by atoms with E-state index in [1.165, 1.54) is 13.8 Å². The van der Waals surface area contributed by atoms with Gasteiger partial charge in [0.25, 0.3) is 0 Å². The maximum Gasteiger partial charge on any atom is 0.322 e. The molecule has 1 aliphatic rings. The molecule has 1 aliphatic carbocycles. The number of esters is 1. The predicted molar refractivity (Wildman–Crippen MR) is 83.6 cm³/mol. The first-order chi connectivity index (χ1) is 10.5. The molecule has 7 heteroatoms. The van der Waals surface area contributed by atoms with Gasteiger partial charge >= 0.3 is 5.97 Å². The molecule has 0 aromatic rings. The third kappa shape index (κ3) is 5.57. The molecule has 0 aromatic carbocycles. The molecule has 0 bridgehead atoms. The average Bonchev–Trinajstić information content (AvgIpc) is 2.43. The number of Topliss-reactive ketones (excluding diaryl/α,β-unsaturated/α-hetero) is 1. The lowest BCUT2D eigenvalue weighted by molar-refractivity contribution is -0.527. The van der Waals surface area contributed by atoms with E-state index < -0.39 is 23.0 Å². The number of ether oxygens (including phenoxy) is 2. The highest BCUT2D eigenvalue weighted by molar-refractivity contribution is 6.02. The van der Waals surface area contributed by atoms with Crippen LogP contribution < -0.4 is 0 Å². The number of carbonyl (C=O) groups is 2. The average molecular weight is 329 g/mol. The summed E-state index contributed by atoms with van der Waals surface area (Å²) in [5, 5.41) is 10.7. The van der Waals surface area contributed by atoms with Gasteiger partial charge in [0.05, 0.1) is 12.7 Å². The van der Waals surface area contributed by atoms with E-state index in [4.69, 9.17) is 9.47 Å². The number of nitro groups is 1. The van der Waals surface area contributed by atoms with Crippen LogP contribution in [0.2, 0.25) is 0 Å². The quantitative estimate of drug-likeness (QED) is 0.321. The smallest absolute Gasteiger partial charge is 0.322 e. The molecular weight excluding hydrogens is 302 g/mol. The second-order valence-electron chi connectivity index (χ2n) is 7.42. The number of hydrogen-bond acceptors (Lipinski definition) is 6. The highest BCUT2D eigenvalue weighted by Crippen LogP contribution is 2.28. The summed E-state index contributed by atoms with van der Waals surface area (Å²) in [5.74, 6) is -0.915. The SMILES string of the molecule is CC(=O)C(C)(COC1CCC([N+](=O)[O-])CC1)C(=O)OC(C)(C)C. The highest BCUT2D eigenvalue weighted by Gasteiger charge is 2.43. The van der Waals surface area contributed by atoms with E-state index in [-0.39, 0.29) is 23.4 Å². The van der Waals surface area contributed by atoms with Crippen LogP contribution in [0.25, 0.3) is 0 Å². The van der Waals surface area contributed by atoms with E-state index in [1.807, 2.05) is 0 Å². The fraction of sp³-hybridized carbons (Fsp3) is 0.875. The number of rotatable bonds is 6. The molecule has 0 spiro atoms. The topological polar surface area (TPSA) is 95.7 Å². The summed E-state index contributed by atoms with van der Waals surface area (Å²) < 4.78 is 11.1. The third-order valence-electron chi connectivity index (χ3n) is 4.18. The molecule has 0 radical (unpaired) electrons. The molecule has 0 heterocycles. The van der Waals surface area contributed by atoms with Crippen LogP contribution in [-0.2, 0) is 19.1 Å². The molecule has 1 fully saturated rings. The molecule has 7 nitrogen and oxygen atoms in total. The molecular formula is C16H27NO6. The van der Waals surface area contributed by atoms with Gasteiger partial charge in [-0.3, -0.25) is 19.7 Å². The van der Waals surface area contributed by atoms with Gasteiger partial charge in [0.2, 0.25) is 6.04 Å². The maximum absolute atomic E-state index is 12.3. The monoisotopic (exact) mass is 329 g/mol. The van der Waals surface area contributed by atoms with Crippen LogP contribution in [0.3, 0.4) is 0 Å². The van der Waals surface area contributed by atoms with Crippen LogP contribution in [0, 0.1) is 15.5 Å². The molecule has 1 unspecified atom stereocenters. The minimum Gasteiger partial charge on any atom is -0.459 e. The van der Waals surface area contributed by atoms with E-state index in [1.54, 1.807) is 20.8 Å². The minimum atomic E-state index is -1.35. The van der Waals surface area contributed by atoms with Gasteiger partial charge in [-0.15, -0.1) is 0 Å². The molecule has 1 rings (SSSR count). The van der Waals surface area contributed by atoms with E-state index in [9.17, 15) is 19.7 Å². The second-order valence-corrected chi connectivity index (χ2v) is 7.42. The van der Waals surface area contributed by atoms with Crippen molar-refractivity contribution in [2.24, 2.45) is 5.41 Å². The van der Waals surface area contributed by atoms with Gasteiger partial charge in [-0.2, -0.15) is 0 Å². The van der Waals surface area contributed by atoms with E-state index in [0.29, 0.717) is 25.7 Å². The Morgan fingerprint density at radius 1 is 1.13 bits per heavy atom. The van der Waals surface area contributed by atoms with Gasteiger partial charge in [-0.25, -0.2) is 0 Å². The zero-order valence-electron chi connectivity index (χ0n) is 14.6. The first-order valence-electron chi connectivity index (χ1n) is 7.95. The normalized spacial score (nSPS) is 24.6. The molecule has 1 saturated carbocycles. The summed E-state index contributed by atoms with van der Waals surface area (Å²) in [6, 6.07) is -0.514. The lowest BCUT2D eigenvalue weighted by atomic mass is 9.86. The Morgan fingerprint density at radius 3 is 2.04 bits per heavy atom. The Kier molecular flexibility index (Phi) is 6.27. The zero-order valence-corrected chi connectivity index (χ0v) is 14.6. The van der Waals surface area contributed by atoms with Crippen molar-refractivity contribution in [3.63, 3.8) is 0 Å². The second kappa shape index (κ2) is 7.38. The number of nitrogens with zero attached hydrogens (tertiary/aromatic N) is 1. The van der Waals surface area contributed by atoms with E-state index >= 15 is 0 Å². The van der Waals surface area contributed by atoms with Crippen LogP contribution in [0.5, 0.6) is 0 Å². The fourth-order valence-corrected chi connectivity index (χ4v) is 2.40. The summed E-state index contributed by atoms with van der Waals surface area (Å²) in [6.07, 6.45) is 1.89. The standard InChI is InChI=1S/C16H27NO6/c1-11(18)16(5,14(19)23-15(2,3)4)10-22-13-8-6-12(7-9-13)17(20)21/h12-13H,6-10H2,1-5H3. The molecule has 0 aromatic heterocycles. The van der Waals surface area contributed by atoms with E-state index in [2.05, 4.69) is 0 Å². The number of carbonyl (C=O) groups excluding carboxylic acids is 2. The lowest BCUT2D eigenvalue weighted by Crippen LogP contribution is -2.45. The van der Waals surface area contributed by atoms with Crippen molar-refractivity contribution in [1.82, 2.24) is 0 Å². The summed E-state index contributed by atoms with van der Waals surface area (Å²) in [5.41, 5.74) is -2.04. The third-order valence-corrected chi connectivity index (χ3v) is 4.18. The van der Waals surface area contributed by atoms with Crippen LogP contribution in [0.1, 0.15) is 60.3 Å². The first kappa shape index (κ1) is 19.5. The van der Waals surface area contributed by atoms with Gasteiger partial charge in [0, 0.05) is 17.8 Å². The van der Waals surface area contributed by atoms with Crippen LogP contribution in [0.15, 0.2) is 0 Å². The van der Waals surface area contributed by atoms with Crippen molar-refractivity contribution in [2.75, 3.05) is 6.61 Å². The Balaban J connectivity index is 2.62. The fourth-order valence-electron chi connectivity index (χ4n) is 2.40. The first-order valence-corrected chi connectivity index (χ1v) is 7.95. The summed E-state index contributed by atoms with van der Waals surface area (Å²) in [6.45, 7) is 8.02. The Labute approximate surface area is 136 Å². The Morgan fingerprint density at radius 2 is 1.65 bits per heavy atom. The van der Waals surface area contributed by atoms with Crippen LogP contribution in [0.4, 0.5) is 0 Å². The van der Waals surface area contributed by atoms with Crippen molar-refractivity contribution >= 4 is 11.8 Å². The van der Waals surface area contributed by atoms with Crippen molar-refractivity contribution in [3.8, 4) is 0 Å². The molecule has 0 aliphatic heterocycles. The number of hydrogen-bond donors (Lipinski definition) is 0. The Bertz CT molecular complexity index is 462. The summed E-state index contributed by atoms with van der Waals surface area (Å²) in [4.78, 5) is 34.8. The molecule has 0 saturated heterocycles. The largest absolute Gasteiger partial charge is 0.459 e. The van der Waals surface area contributed by atoms with Gasteiger partial charge < -0.3 is 9.47 Å². The highest BCUT2D eigenvalue weighted by atomic mass is 16.6. The molecule has 132 valence electrons. The number of ketones is 1. The van der Waals surface area contributed by atoms with Gasteiger partial charge in [-0.1, -0.05) is 0 Å². The molecule has 0 amide bonds. The molecule has 1 atom stereocenters.